The molecule has 0 spiro atoms. The van der Waals surface area contributed by atoms with Crippen molar-refractivity contribution in [3.8, 4) is 0 Å². The molecule has 0 aromatic heterocycles. The first-order chi connectivity index (χ1) is 8.74. The van der Waals surface area contributed by atoms with E-state index in [0.717, 1.165) is 29.8 Å². The minimum atomic E-state index is -0.375. The Morgan fingerprint density at radius 3 is 2.56 bits per heavy atom. The van der Waals surface area contributed by atoms with Crippen molar-refractivity contribution in [1.82, 2.24) is 0 Å². The molecule has 1 amide bonds. The van der Waals surface area contributed by atoms with Gasteiger partial charge in [0.25, 0.3) is 0 Å². The minimum absolute atomic E-state index is 0.375. The van der Waals surface area contributed by atoms with Crippen LogP contribution in [0.1, 0.15) is 21.5 Å². The topological polar surface area (TPSA) is 55.1 Å². The molecule has 0 aliphatic carbocycles. The highest BCUT2D eigenvalue weighted by atomic mass is 16.1. The van der Waals surface area contributed by atoms with E-state index in [1.807, 2.05) is 24.3 Å². The zero-order valence-electron chi connectivity index (χ0n) is 9.94. The van der Waals surface area contributed by atoms with Gasteiger partial charge in [-0.25, -0.2) is 0 Å². The summed E-state index contributed by atoms with van der Waals surface area (Å²) in [5.74, 6) is -0.375. The summed E-state index contributed by atoms with van der Waals surface area (Å²) in [6.45, 7) is 0. The average molecular weight is 238 g/mol. The number of amides is 1. The number of hydrogen-bond donors (Lipinski definition) is 2. The van der Waals surface area contributed by atoms with E-state index in [1.165, 1.54) is 5.56 Å². The van der Waals surface area contributed by atoms with Crippen LogP contribution in [0.2, 0.25) is 0 Å². The van der Waals surface area contributed by atoms with Crippen molar-refractivity contribution in [2.24, 2.45) is 5.73 Å². The first-order valence-electron chi connectivity index (χ1n) is 6.02. The minimum Gasteiger partial charge on any atom is -0.366 e. The molecule has 3 N–H and O–H groups in total. The number of nitrogens with one attached hydrogen (secondary N) is 1. The Bertz CT molecular complexity index is 620. The molecular formula is C15H14N2O. The molecule has 18 heavy (non-hydrogen) atoms. The number of primary amides is 1. The van der Waals surface area contributed by atoms with E-state index in [0.29, 0.717) is 5.56 Å². The molecule has 0 saturated heterocycles. The van der Waals surface area contributed by atoms with Gasteiger partial charge in [-0.3, -0.25) is 4.79 Å². The second kappa shape index (κ2) is 4.18. The molecule has 2 aromatic rings. The number of fused-ring (bicyclic) bond motifs is 2. The van der Waals surface area contributed by atoms with Gasteiger partial charge in [-0.1, -0.05) is 18.2 Å². The summed E-state index contributed by atoms with van der Waals surface area (Å²) in [6.07, 6.45) is 1.89. The molecule has 0 saturated carbocycles. The quantitative estimate of drug-likeness (QED) is 0.802. The lowest BCUT2D eigenvalue weighted by Gasteiger charge is -2.10. The van der Waals surface area contributed by atoms with Crippen LogP contribution in [-0.2, 0) is 12.8 Å². The van der Waals surface area contributed by atoms with E-state index in [2.05, 4.69) is 17.4 Å². The SMILES string of the molecule is NC(=O)c1ccc2c(c1)CCc1ccccc1N2. The average Bonchev–Trinajstić information content (AvgIpc) is 2.56. The fourth-order valence-electron chi connectivity index (χ4n) is 2.35. The van der Waals surface area contributed by atoms with Crippen molar-refractivity contribution in [2.45, 2.75) is 12.8 Å². The number of aryl methyl sites for hydroxylation is 2. The van der Waals surface area contributed by atoms with Crippen molar-refractivity contribution < 1.29 is 4.79 Å². The number of para-hydroxylation sites is 1. The van der Waals surface area contributed by atoms with Gasteiger partial charge in [0, 0.05) is 16.9 Å². The van der Waals surface area contributed by atoms with E-state index < -0.39 is 0 Å². The van der Waals surface area contributed by atoms with Crippen LogP contribution in [0.4, 0.5) is 11.4 Å². The Labute approximate surface area is 106 Å². The highest BCUT2D eigenvalue weighted by molar-refractivity contribution is 5.93. The van der Waals surface area contributed by atoms with Crippen LogP contribution < -0.4 is 11.1 Å². The molecular weight excluding hydrogens is 224 g/mol. The van der Waals surface area contributed by atoms with Gasteiger partial charge >= 0.3 is 0 Å². The Balaban J connectivity index is 2.04. The maximum Gasteiger partial charge on any atom is 0.248 e. The molecule has 0 bridgehead atoms. The molecule has 90 valence electrons. The Hall–Kier alpha value is -2.29. The van der Waals surface area contributed by atoms with Crippen LogP contribution in [0.5, 0.6) is 0 Å². The van der Waals surface area contributed by atoms with Crippen LogP contribution in [0, 0.1) is 0 Å². The molecule has 2 aromatic carbocycles. The predicted molar refractivity (Wildman–Crippen MR) is 72.1 cm³/mol. The van der Waals surface area contributed by atoms with Gasteiger partial charge in [0.15, 0.2) is 0 Å². The van der Waals surface area contributed by atoms with Crippen LogP contribution in [0.15, 0.2) is 42.5 Å². The lowest BCUT2D eigenvalue weighted by molar-refractivity contribution is 0.1000. The Morgan fingerprint density at radius 2 is 1.72 bits per heavy atom. The molecule has 0 unspecified atom stereocenters. The molecule has 3 nitrogen and oxygen atoms in total. The maximum atomic E-state index is 11.2. The standard InChI is InChI=1S/C15H14N2O/c16-15(18)12-7-8-14-11(9-12)6-5-10-3-1-2-4-13(10)17-14/h1-4,7-9,17H,5-6H2,(H2,16,18). The van der Waals surface area contributed by atoms with E-state index in [1.54, 1.807) is 6.07 Å². The van der Waals surface area contributed by atoms with Gasteiger partial charge in [-0.15, -0.1) is 0 Å². The molecule has 3 rings (SSSR count). The lowest BCUT2D eigenvalue weighted by Crippen LogP contribution is -2.11. The normalized spacial score (nSPS) is 12.9. The monoisotopic (exact) mass is 238 g/mol. The summed E-state index contributed by atoms with van der Waals surface area (Å²) < 4.78 is 0. The van der Waals surface area contributed by atoms with Gasteiger partial charge in [0.05, 0.1) is 0 Å². The third-order valence-corrected chi connectivity index (χ3v) is 3.34. The van der Waals surface area contributed by atoms with Gasteiger partial charge in [0.2, 0.25) is 5.91 Å². The molecule has 0 atom stereocenters. The van der Waals surface area contributed by atoms with Crippen molar-refractivity contribution in [3.63, 3.8) is 0 Å². The second-order valence-electron chi connectivity index (χ2n) is 4.52. The van der Waals surface area contributed by atoms with Gasteiger partial charge in [-0.2, -0.15) is 0 Å². The number of rotatable bonds is 1. The molecule has 1 aliphatic rings. The first kappa shape index (κ1) is 10.8. The summed E-state index contributed by atoms with van der Waals surface area (Å²) in [7, 11) is 0. The summed E-state index contributed by atoms with van der Waals surface area (Å²) in [4.78, 5) is 11.2. The first-order valence-corrected chi connectivity index (χ1v) is 6.02. The summed E-state index contributed by atoms with van der Waals surface area (Å²) in [5.41, 5.74) is 10.5. The van der Waals surface area contributed by atoms with Crippen molar-refractivity contribution >= 4 is 17.3 Å². The number of carbonyl (C=O) groups is 1. The number of benzene rings is 2. The number of carbonyl (C=O) groups excluding carboxylic acids is 1. The highest BCUT2D eigenvalue weighted by Crippen LogP contribution is 2.30. The maximum absolute atomic E-state index is 11.2. The summed E-state index contributed by atoms with van der Waals surface area (Å²) >= 11 is 0. The fraction of sp³-hybridized carbons (Fsp3) is 0.133. The van der Waals surface area contributed by atoms with Crippen molar-refractivity contribution in [3.05, 3.63) is 59.2 Å². The number of anilines is 2. The lowest BCUT2D eigenvalue weighted by atomic mass is 10.0. The van der Waals surface area contributed by atoms with E-state index in [4.69, 9.17) is 5.73 Å². The van der Waals surface area contributed by atoms with Crippen molar-refractivity contribution in [2.75, 3.05) is 5.32 Å². The molecule has 0 fully saturated rings. The Morgan fingerprint density at radius 1 is 1.00 bits per heavy atom. The fourth-order valence-corrected chi connectivity index (χ4v) is 2.35. The van der Waals surface area contributed by atoms with Gasteiger partial charge in [-0.05, 0) is 48.2 Å². The predicted octanol–water partition coefficient (Wildman–Crippen LogP) is 2.63. The molecule has 1 heterocycles. The Kier molecular flexibility index (Phi) is 2.52. The summed E-state index contributed by atoms with van der Waals surface area (Å²) in [5, 5.41) is 3.42. The largest absolute Gasteiger partial charge is 0.366 e. The zero-order chi connectivity index (χ0) is 12.5. The zero-order valence-corrected chi connectivity index (χ0v) is 9.94. The van der Waals surface area contributed by atoms with E-state index in [9.17, 15) is 4.79 Å². The molecule has 3 heteroatoms. The molecule has 0 radical (unpaired) electrons. The third-order valence-electron chi connectivity index (χ3n) is 3.34. The van der Waals surface area contributed by atoms with E-state index in [-0.39, 0.29) is 5.91 Å². The highest BCUT2D eigenvalue weighted by Gasteiger charge is 2.13. The third kappa shape index (κ3) is 1.84. The van der Waals surface area contributed by atoms with Crippen LogP contribution in [0.25, 0.3) is 0 Å². The van der Waals surface area contributed by atoms with Crippen LogP contribution in [0.3, 0.4) is 0 Å². The van der Waals surface area contributed by atoms with Gasteiger partial charge < -0.3 is 11.1 Å². The van der Waals surface area contributed by atoms with E-state index >= 15 is 0 Å². The number of hydrogen-bond acceptors (Lipinski definition) is 2. The van der Waals surface area contributed by atoms with Crippen LogP contribution in [-0.4, -0.2) is 5.91 Å². The second-order valence-corrected chi connectivity index (χ2v) is 4.52. The van der Waals surface area contributed by atoms with Gasteiger partial charge in [0.1, 0.15) is 0 Å². The molecule has 1 aliphatic heterocycles. The number of nitrogens with two attached hydrogens (primary N) is 1. The van der Waals surface area contributed by atoms with Crippen molar-refractivity contribution in [1.29, 1.82) is 0 Å². The van der Waals surface area contributed by atoms with Crippen LogP contribution >= 0.6 is 0 Å². The smallest absolute Gasteiger partial charge is 0.248 e. The summed E-state index contributed by atoms with van der Waals surface area (Å²) in [6, 6.07) is 13.9.